The molecule has 2 heterocycles. The molecule has 0 radical (unpaired) electrons. The molecular formula is C14H13N5O2. The van der Waals surface area contributed by atoms with Crippen molar-refractivity contribution in [1.82, 2.24) is 25.0 Å². The van der Waals surface area contributed by atoms with Gasteiger partial charge in [-0.25, -0.2) is 20.0 Å². The number of amides is 1. The van der Waals surface area contributed by atoms with Crippen molar-refractivity contribution in [3.05, 3.63) is 42.4 Å². The molecule has 0 saturated heterocycles. The van der Waals surface area contributed by atoms with Crippen LogP contribution >= 0.6 is 0 Å². The number of hydrogen-bond donors (Lipinski definition) is 1. The van der Waals surface area contributed by atoms with E-state index in [9.17, 15) is 4.79 Å². The highest BCUT2D eigenvalue weighted by Gasteiger charge is 2.12. The molecule has 106 valence electrons. The molecule has 0 aliphatic carbocycles. The van der Waals surface area contributed by atoms with E-state index in [4.69, 9.17) is 4.84 Å². The number of carbonyl (C=O) groups is 1. The molecule has 0 spiro atoms. The predicted molar refractivity (Wildman–Crippen MR) is 76.2 cm³/mol. The first kappa shape index (κ1) is 13.2. The average molecular weight is 283 g/mol. The number of benzene rings is 1. The fraction of sp³-hybridized carbons (Fsp3) is 0.143. The number of nitrogens with zero attached hydrogens (tertiary/aromatic N) is 4. The number of aromatic nitrogens is 4. The average Bonchev–Trinajstić information content (AvgIpc) is 2.97. The smallest absolute Gasteiger partial charge is 0.277 e. The molecule has 3 rings (SSSR count). The lowest BCUT2D eigenvalue weighted by atomic mass is 10.1. The summed E-state index contributed by atoms with van der Waals surface area (Å²) in [5.41, 5.74) is 2.79. The fourth-order valence-electron chi connectivity index (χ4n) is 1.93. The van der Waals surface area contributed by atoms with Crippen LogP contribution in [0, 0.1) is 0 Å². The van der Waals surface area contributed by atoms with Gasteiger partial charge >= 0.3 is 0 Å². The molecule has 0 fully saturated rings. The molecule has 0 aliphatic heterocycles. The maximum Gasteiger partial charge on any atom is 0.277 e. The van der Waals surface area contributed by atoms with E-state index in [2.05, 4.69) is 19.9 Å². The third-order valence-electron chi connectivity index (χ3n) is 3.13. The van der Waals surface area contributed by atoms with E-state index >= 15 is 0 Å². The lowest BCUT2D eigenvalue weighted by Crippen LogP contribution is -2.25. The van der Waals surface area contributed by atoms with Crippen LogP contribution < -0.4 is 0 Å². The van der Waals surface area contributed by atoms with Gasteiger partial charge in [-0.3, -0.25) is 9.63 Å². The molecular weight excluding hydrogens is 270 g/mol. The molecule has 1 amide bonds. The van der Waals surface area contributed by atoms with Crippen LogP contribution in [0.4, 0.5) is 0 Å². The van der Waals surface area contributed by atoms with Gasteiger partial charge < -0.3 is 4.98 Å². The monoisotopic (exact) mass is 283 g/mol. The number of imidazole rings is 1. The highest BCUT2D eigenvalue weighted by Crippen LogP contribution is 2.19. The first-order chi connectivity index (χ1) is 10.2. The fourth-order valence-corrected chi connectivity index (χ4v) is 1.93. The maximum atomic E-state index is 11.9. The zero-order chi connectivity index (χ0) is 14.8. The van der Waals surface area contributed by atoms with Crippen molar-refractivity contribution >= 4 is 17.1 Å². The Labute approximate surface area is 120 Å². The van der Waals surface area contributed by atoms with Crippen LogP contribution in [0.3, 0.4) is 0 Å². The molecule has 3 aromatic rings. The lowest BCUT2D eigenvalue weighted by molar-refractivity contribution is -0.0756. The van der Waals surface area contributed by atoms with Crippen LogP contribution in [-0.2, 0) is 4.84 Å². The molecule has 21 heavy (non-hydrogen) atoms. The van der Waals surface area contributed by atoms with Gasteiger partial charge in [-0.15, -0.1) is 0 Å². The van der Waals surface area contributed by atoms with Gasteiger partial charge in [0, 0.05) is 18.2 Å². The second-order valence-corrected chi connectivity index (χ2v) is 4.41. The molecule has 0 bridgehead atoms. The van der Waals surface area contributed by atoms with Crippen molar-refractivity contribution < 1.29 is 9.63 Å². The summed E-state index contributed by atoms with van der Waals surface area (Å²) in [6.45, 7) is 0. The van der Waals surface area contributed by atoms with E-state index in [0.717, 1.165) is 11.1 Å². The van der Waals surface area contributed by atoms with E-state index in [0.29, 0.717) is 17.0 Å². The molecule has 0 aliphatic rings. The minimum absolute atomic E-state index is 0.209. The summed E-state index contributed by atoms with van der Waals surface area (Å²) in [7, 11) is 3.01. The van der Waals surface area contributed by atoms with Gasteiger partial charge in [0.25, 0.3) is 5.91 Å². The van der Waals surface area contributed by atoms with E-state index in [1.807, 2.05) is 12.1 Å². The Morgan fingerprint density at radius 1 is 1.29 bits per heavy atom. The zero-order valence-electron chi connectivity index (χ0n) is 11.6. The minimum atomic E-state index is -0.209. The van der Waals surface area contributed by atoms with Crippen LogP contribution in [0.5, 0.6) is 0 Å². The van der Waals surface area contributed by atoms with Crippen molar-refractivity contribution in [1.29, 1.82) is 0 Å². The molecule has 7 heteroatoms. The third-order valence-corrected chi connectivity index (χ3v) is 3.13. The van der Waals surface area contributed by atoms with Crippen molar-refractivity contribution in [3.63, 3.8) is 0 Å². The Balaban J connectivity index is 1.91. The van der Waals surface area contributed by atoms with Crippen molar-refractivity contribution in [2.45, 2.75) is 0 Å². The number of rotatable bonds is 3. The van der Waals surface area contributed by atoms with Gasteiger partial charge in [0.2, 0.25) is 0 Å². The summed E-state index contributed by atoms with van der Waals surface area (Å²) in [5.74, 6) is 0.476. The van der Waals surface area contributed by atoms with Gasteiger partial charge in [0.1, 0.15) is 17.7 Å². The number of nitrogens with one attached hydrogen (secondary N) is 1. The first-order valence-electron chi connectivity index (χ1n) is 6.27. The number of aromatic amines is 1. The molecule has 7 nitrogen and oxygen atoms in total. The van der Waals surface area contributed by atoms with Crippen LogP contribution in [0.1, 0.15) is 10.4 Å². The number of hydroxylamine groups is 2. The Hall–Kier alpha value is -2.80. The summed E-state index contributed by atoms with van der Waals surface area (Å²) in [6.07, 6.45) is 3.12. The third kappa shape index (κ3) is 2.46. The Morgan fingerprint density at radius 3 is 2.71 bits per heavy atom. The standard InChI is InChI=1S/C14H13N5O2/c1-19(21-2)14(20)10-5-3-9(4-6-10)12-17-11-7-15-8-16-13(11)18-12/h3-8H,1-2H3,(H,15,16,17,18). The molecule has 0 atom stereocenters. The Morgan fingerprint density at radius 2 is 2.05 bits per heavy atom. The second-order valence-electron chi connectivity index (χ2n) is 4.41. The largest absolute Gasteiger partial charge is 0.335 e. The van der Waals surface area contributed by atoms with Crippen LogP contribution in [-0.4, -0.2) is 45.1 Å². The highest BCUT2D eigenvalue weighted by atomic mass is 16.7. The molecule has 0 saturated carbocycles. The number of carbonyl (C=O) groups excluding carboxylic acids is 1. The predicted octanol–water partition coefficient (Wildman–Crippen LogP) is 1.65. The van der Waals surface area contributed by atoms with Gasteiger partial charge in [0.05, 0.1) is 13.3 Å². The highest BCUT2D eigenvalue weighted by molar-refractivity contribution is 5.93. The van der Waals surface area contributed by atoms with Gasteiger partial charge in [-0.2, -0.15) is 0 Å². The van der Waals surface area contributed by atoms with Crippen LogP contribution in [0.2, 0.25) is 0 Å². The van der Waals surface area contributed by atoms with E-state index in [-0.39, 0.29) is 5.91 Å². The van der Waals surface area contributed by atoms with Crippen LogP contribution in [0.15, 0.2) is 36.8 Å². The maximum absolute atomic E-state index is 11.9. The molecule has 0 unspecified atom stereocenters. The van der Waals surface area contributed by atoms with Crippen LogP contribution in [0.25, 0.3) is 22.6 Å². The SMILES string of the molecule is CON(C)C(=O)c1ccc(-c2nc3ncncc3[nH]2)cc1. The van der Waals surface area contributed by atoms with E-state index in [1.54, 1.807) is 25.4 Å². The number of H-pyrrole nitrogens is 1. The van der Waals surface area contributed by atoms with Gasteiger partial charge in [-0.05, 0) is 12.1 Å². The Bertz CT molecular complexity index is 748. The summed E-state index contributed by atoms with van der Waals surface area (Å²) in [5, 5.41) is 1.17. The summed E-state index contributed by atoms with van der Waals surface area (Å²) < 4.78 is 0. The number of hydrogen-bond acceptors (Lipinski definition) is 5. The first-order valence-corrected chi connectivity index (χ1v) is 6.27. The lowest BCUT2D eigenvalue weighted by Gasteiger charge is -2.13. The quantitative estimate of drug-likeness (QED) is 0.739. The minimum Gasteiger partial charge on any atom is -0.335 e. The Kier molecular flexibility index (Phi) is 3.33. The second kappa shape index (κ2) is 5.29. The van der Waals surface area contributed by atoms with E-state index in [1.165, 1.54) is 18.5 Å². The van der Waals surface area contributed by atoms with Gasteiger partial charge in [-0.1, -0.05) is 12.1 Å². The summed E-state index contributed by atoms with van der Waals surface area (Å²) >= 11 is 0. The topological polar surface area (TPSA) is 84.0 Å². The van der Waals surface area contributed by atoms with Crippen molar-refractivity contribution in [3.8, 4) is 11.4 Å². The molecule has 1 N–H and O–H groups in total. The van der Waals surface area contributed by atoms with Crippen molar-refractivity contribution in [2.75, 3.05) is 14.2 Å². The van der Waals surface area contributed by atoms with Gasteiger partial charge in [0.15, 0.2) is 5.65 Å². The van der Waals surface area contributed by atoms with Crippen molar-refractivity contribution in [2.24, 2.45) is 0 Å². The summed E-state index contributed by atoms with van der Waals surface area (Å²) in [6, 6.07) is 7.10. The molecule has 2 aromatic heterocycles. The van der Waals surface area contributed by atoms with E-state index < -0.39 is 0 Å². The normalized spacial score (nSPS) is 10.8. The summed E-state index contributed by atoms with van der Waals surface area (Å²) in [4.78, 5) is 32.3. The number of fused-ring (bicyclic) bond motifs is 1. The zero-order valence-corrected chi connectivity index (χ0v) is 11.6. The molecule has 1 aromatic carbocycles.